The zero-order valence-corrected chi connectivity index (χ0v) is 11.9. The van der Waals surface area contributed by atoms with Gasteiger partial charge >= 0.3 is 0 Å². The first-order valence-corrected chi connectivity index (χ1v) is 7.09. The smallest absolute Gasteiger partial charge is 0.126 e. The van der Waals surface area contributed by atoms with Crippen molar-refractivity contribution in [2.75, 3.05) is 26.8 Å². The Bertz CT molecular complexity index is 405. The topological polar surface area (TPSA) is 21.3 Å². The summed E-state index contributed by atoms with van der Waals surface area (Å²) in [6.07, 6.45) is 3.36. The Morgan fingerprint density at radius 3 is 2.74 bits per heavy atom. The van der Waals surface area contributed by atoms with Crippen molar-refractivity contribution >= 4 is 0 Å². The Labute approximate surface area is 115 Å². The Morgan fingerprint density at radius 2 is 2.11 bits per heavy atom. The van der Waals surface area contributed by atoms with Gasteiger partial charge in [0.05, 0.1) is 6.61 Å². The van der Waals surface area contributed by atoms with Gasteiger partial charge in [-0.15, -0.1) is 0 Å². The Hall–Kier alpha value is -0.930. The first-order valence-electron chi connectivity index (χ1n) is 7.09. The first kappa shape index (κ1) is 14.5. The van der Waals surface area contributed by atoms with E-state index in [2.05, 4.69) is 12.2 Å². The standard InChI is InChI=1S/C16H24FNO/c1-16(14-7-8-14,12-18-9-10-19-2)11-13-5-3-4-6-15(13)17/h3-6,14,18H,7-12H2,1-2H3. The lowest BCUT2D eigenvalue weighted by molar-refractivity contribution is 0.187. The minimum atomic E-state index is -0.0775. The molecule has 1 saturated carbocycles. The van der Waals surface area contributed by atoms with E-state index in [1.54, 1.807) is 19.2 Å². The number of nitrogens with one attached hydrogen (secondary N) is 1. The summed E-state index contributed by atoms with van der Waals surface area (Å²) in [4.78, 5) is 0. The summed E-state index contributed by atoms with van der Waals surface area (Å²) in [5, 5.41) is 3.44. The zero-order valence-electron chi connectivity index (χ0n) is 11.9. The average Bonchev–Trinajstić information content (AvgIpc) is 3.22. The molecule has 0 aromatic heterocycles. The third-order valence-electron chi connectivity index (χ3n) is 4.13. The molecule has 0 saturated heterocycles. The normalized spacial score (nSPS) is 18.3. The van der Waals surface area contributed by atoms with Crippen LogP contribution in [0, 0.1) is 17.2 Å². The maximum absolute atomic E-state index is 13.8. The van der Waals surface area contributed by atoms with Crippen molar-refractivity contribution in [1.29, 1.82) is 0 Å². The lowest BCUT2D eigenvalue weighted by Gasteiger charge is -2.30. The quantitative estimate of drug-likeness (QED) is 0.730. The van der Waals surface area contributed by atoms with Crippen LogP contribution >= 0.6 is 0 Å². The lowest BCUT2D eigenvalue weighted by Crippen LogP contribution is -2.37. The first-order chi connectivity index (χ1) is 9.15. The highest BCUT2D eigenvalue weighted by molar-refractivity contribution is 5.20. The Balaban J connectivity index is 1.97. The van der Waals surface area contributed by atoms with Crippen LogP contribution in [0.5, 0.6) is 0 Å². The summed E-state index contributed by atoms with van der Waals surface area (Å²) >= 11 is 0. The fourth-order valence-corrected chi connectivity index (χ4v) is 2.76. The minimum Gasteiger partial charge on any atom is -0.383 e. The van der Waals surface area contributed by atoms with Gasteiger partial charge in [0.2, 0.25) is 0 Å². The van der Waals surface area contributed by atoms with Crippen molar-refractivity contribution in [1.82, 2.24) is 5.32 Å². The third-order valence-corrected chi connectivity index (χ3v) is 4.13. The van der Waals surface area contributed by atoms with Crippen molar-refractivity contribution in [3.05, 3.63) is 35.6 Å². The zero-order chi connectivity index (χ0) is 13.7. The molecule has 1 N–H and O–H groups in total. The number of benzene rings is 1. The molecule has 0 amide bonds. The number of hydrogen-bond donors (Lipinski definition) is 1. The maximum atomic E-state index is 13.8. The lowest BCUT2D eigenvalue weighted by atomic mass is 9.78. The second-order valence-electron chi connectivity index (χ2n) is 5.87. The molecule has 19 heavy (non-hydrogen) atoms. The van der Waals surface area contributed by atoms with Gasteiger partial charge in [0.1, 0.15) is 5.82 Å². The molecule has 0 heterocycles. The molecule has 2 rings (SSSR count). The molecule has 0 aliphatic heterocycles. The Kier molecular flexibility index (Phi) is 4.94. The summed E-state index contributed by atoms with van der Waals surface area (Å²) < 4.78 is 18.9. The van der Waals surface area contributed by atoms with Gasteiger partial charge in [-0.3, -0.25) is 0 Å². The second kappa shape index (κ2) is 6.49. The van der Waals surface area contributed by atoms with Gasteiger partial charge in [-0.05, 0) is 42.2 Å². The maximum Gasteiger partial charge on any atom is 0.126 e. The molecule has 1 atom stereocenters. The molecule has 1 aromatic rings. The molecule has 0 spiro atoms. The van der Waals surface area contributed by atoms with Crippen LogP contribution in [0.25, 0.3) is 0 Å². The van der Waals surface area contributed by atoms with Crippen LogP contribution in [0.15, 0.2) is 24.3 Å². The molecule has 1 aliphatic rings. The molecule has 1 unspecified atom stereocenters. The van der Waals surface area contributed by atoms with Crippen molar-refractivity contribution in [3.63, 3.8) is 0 Å². The average molecular weight is 265 g/mol. The molecule has 0 bridgehead atoms. The number of halogens is 1. The van der Waals surface area contributed by atoms with Gasteiger partial charge in [-0.1, -0.05) is 25.1 Å². The molecule has 106 valence electrons. The Morgan fingerprint density at radius 1 is 1.37 bits per heavy atom. The molecule has 2 nitrogen and oxygen atoms in total. The van der Waals surface area contributed by atoms with Crippen molar-refractivity contribution in [3.8, 4) is 0 Å². The van der Waals surface area contributed by atoms with Crippen LogP contribution in [0.2, 0.25) is 0 Å². The highest BCUT2D eigenvalue weighted by atomic mass is 19.1. The van der Waals surface area contributed by atoms with E-state index in [4.69, 9.17) is 4.74 Å². The number of ether oxygens (including phenoxy) is 1. The fourth-order valence-electron chi connectivity index (χ4n) is 2.76. The van der Waals surface area contributed by atoms with Gasteiger partial charge in [-0.2, -0.15) is 0 Å². The van der Waals surface area contributed by atoms with E-state index in [1.165, 1.54) is 12.8 Å². The summed E-state index contributed by atoms with van der Waals surface area (Å²) in [7, 11) is 1.71. The fraction of sp³-hybridized carbons (Fsp3) is 0.625. The largest absolute Gasteiger partial charge is 0.383 e. The van der Waals surface area contributed by atoms with Gasteiger partial charge < -0.3 is 10.1 Å². The predicted molar refractivity (Wildman–Crippen MR) is 75.7 cm³/mol. The van der Waals surface area contributed by atoms with Crippen LogP contribution in [-0.4, -0.2) is 26.8 Å². The molecule has 1 fully saturated rings. The van der Waals surface area contributed by atoms with E-state index in [-0.39, 0.29) is 11.2 Å². The molecule has 1 aliphatic carbocycles. The molecule has 3 heteroatoms. The molecule has 1 aromatic carbocycles. The van der Waals surface area contributed by atoms with E-state index in [1.807, 2.05) is 12.1 Å². The van der Waals surface area contributed by atoms with Gasteiger partial charge in [-0.25, -0.2) is 4.39 Å². The van der Waals surface area contributed by atoms with Crippen LogP contribution < -0.4 is 5.32 Å². The molecule has 0 radical (unpaired) electrons. The summed E-state index contributed by atoms with van der Waals surface area (Å²) in [6.45, 7) is 4.78. The van der Waals surface area contributed by atoms with Gasteiger partial charge in [0.25, 0.3) is 0 Å². The van der Waals surface area contributed by atoms with Crippen LogP contribution in [0.4, 0.5) is 4.39 Å². The highest BCUT2D eigenvalue weighted by Gasteiger charge is 2.41. The van der Waals surface area contributed by atoms with E-state index >= 15 is 0 Å². The summed E-state index contributed by atoms with van der Waals surface area (Å²) in [5.74, 6) is 0.647. The van der Waals surface area contributed by atoms with Crippen molar-refractivity contribution < 1.29 is 9.13 Å². The van der Waals surface area contributed by atoms with Crippen molar-refractivity contribution in [2.24, 2.45) is 11.3 Å². The predicted octanol–water partition coefficient (Wildman–Crippen LogP) is 3.02. The van der Waals surface area contributed by atoms with Gasteiger partial charge in [0.15, 0.2) is 0 Å². The van der Waals surface area contributed by atoms with Crippen LogP contribution in [0.1, 0.15) is 25.3 Å². The van der Waals surface area contributed by atoms with E-state index in [0.717, 1.165) is 37.6 Å². The highest BCUT2D eigenvalue weighted by Crippen LogP contribution is 2.47. The summed E-state index contributed by atoms with van der Waals surface area (Å²) in [5.41, 5.74) is 0.987. The molecular formula is C16H24FNO. The van der Waals surface area contributed by atoms with E-state index in [0.29, 0.717) is 0 Å². The van der Waals surface area contributed by atoms with Gasteiger partial charge in [0, 0.05) is 20.2 Å². The third kappa shape index (κ3) is 4.02. The molecular weight excluding hydrogens is 241 g/mol. The van der Waals surface area contributed by atoms with E-state index < -0.39 is 0 Å². The number of hydrogen-bond acceptors (Lipinski definition) is 2. The summed E-state index contributed by atoms with van der Waals surface area (Å²) in [6, 6.07) is 7.14. The number of rotatable bonds is 8. The van der Waals surface area contributed by atoms with Crippen LogP contribution in [-0.2, 0) is 11.2 Å². The van der Waals surface area contributed by atoms with Crippen molar-refractivity contribution in [2.45, 2.75) is 26.2 Å². The number of methoxy groups -OCH3 is 1. The second-order valence-corrected chi connectivity index (χ2v) is 5.87. The minimum absolute atomic E-state index is 0.0775. The van der Waals surface area contributed by atoms with E-state index in [9.17, 15) is 4.39 Å². The SMILES string of the molecule is COCCNCC(C)(Cc1ccccc1F)C1CC1. The van der Waals surface area contributed by atoms with Crippen LogP contribution in [0.3, 0.4) is 0 Å². The monoisotopic (exact) mass is 265 g/mol.